The molecular weight excluding hydrogens is 360 g/mol. The van der Waals surface area contributed by atoms with E-state index in [1.54, 1.807) is 4.90 Å². The maximum atomic E-state index is 13.4. The summed E-state index contributed by atoms with van der Waals surface area (Å²) in [5, 5.41) is 3.06. The third-order valence-electron chi connectivity index (χ3n) is 5.59. The Bertz CT molecular complexity index is 831. The molecule has 0 spiro atoms. The second-order valence-corrected chi connectivity index (χ2v) is 7.79. The van der Waals surface area contributed by atoms with E-state index in [1.807, 2.05) is 83.1 Å². The van der Waals surface area contributed by atoms with Crippen LogP contribution in [0.25, 0.3) is 0 Å². The molecule has 0 heterocycles. The lowest BCUT2D eigenvalue weighted by Gasteiger charge is -2.32. The molecule has 0 radical (unpaired) electrons. The van der Waals surface area contributed by atoms with Gasteiger partial charge in [-0.05, 0) is 55.9 Å². The molecule has 2 aromatic rings. The number of hydrogen-bond donors (Lipinski definition) is 1. The molecule has 4 heteroatoms. The molecule has 2 aromatic carbocycles. The van der Waals surface area contributed by atoms with E-state index < -0.39 is 6.04 Å². The summed E-state index contributed by atoms with van der Waals surface area (Å²) in [5.41, 5.74) is 4.29. The standard InChI is InChI=1S/C25H34N2O2/c1-6-20(5)26-25(29)23(7-2)27(17-22-15-11-9-13-19(22)4)24(28)16-21-14-10-8-12-18(21)3/h8-15,20,23H,6-7,16-17H2,1-5H3,(H,26,29)/t20-,23-/m0/s1. The highest BCUT2D eigenvalue weighted by atomic mass is 16.2. The molecule has 2 atom stereocenters. The van der Waals surface area contributed by atoms with Gasteiger partial charge in [-0.25, -0.2) is 0 Å². The summed E-state index contributed by atoms with van der Waals surface area (Å²) in [6, 6.07) is 15.6. The number of carbonyl (C=O) groups is 2. The average Bonchev–Trinajstić information content (AvgIpc) is 2.70. The number of nitrogens with zero attached hydrogens (tertiary/aromatic N) is 1. The van der Waals surface area contributed by atoms with E-state index in [9.17, 15) is 9.59 Å². The van der Waals surface area contributed by atoms with Gasteiger partial charge >= 0.3 is 0 Å². The molecule has 0 saturated heterocycles. The van der Waals surface area contributed by atoms with Crippen LogP contribution < -0.4 is 5.32 Å². The van der Waals surface area contributed by atoms with Crippen LogP contribution in [0.15, 0.2) is 48.5 Å². The molecule has 156 valence electrons. The zero-order chi connectivity index (χ0) is 21.4. The number of aryl methyl sites for hydroxylation is 2. The second kappa shape index (κ2) is 10.8. The molecule has 0 bridgehead atoms. The van der Waals surface area contributed by atoms with E-state index in [4.69, 9.17) is 0 Å². The van der Waals surface area contributed by atoms with Crippen LogP contribution in [0.1, 0.15) is 55.9 Å². The summed E-state index contributed by atoms with van der Waals surface area (Å²) in [7, 11) is 0. The van der Waals surface area contributed by atoms with E-state index in [0.29, 0.717) is 19.4 Å². The lowest BCUT2D eigenvalue weighted by molar-refractivity contribution is -0.141. The number of carbonyl (C=O) groups excluding carboxylic acids is 2. The van der Waals surface area contributed by atoms with Gasteiger partial charge in [0.05, 0.1) is 6.42 Å². The van der Waals surface area contributed by atoms with E-state index in [1.165, 1.54) is 0 Å². The predicted molar refractivity (Wildman–Crippen MR) is 119 cm³/mol. The van der Waals surface area contributed by atoms with Crippen LogP contribution >= 0.6 is 0 Å². The van der Waals surface area contributed by atoms with Crippen LogP contribution in [0.5, 0.6) is 0 Å². The lowest BCUT2D eigenvalue weighted by Crippen LogP contribution is -2.51. The van der Waals surface area contributed by atoms with Crippen molar-refractivity contribution in [3.8, 4) is 0 Å². The second-order valence-electron chi connectivity index (χ2n) is 7.79. The summed E-state index contributed by atoms with van der Waals surface area (Å²) < 4.78 is 0. The molecular formula is C25H34N2O2. The maximum absolute atomic E-state index is 13.4. The van der Waals surface area contributed by atoms with Gasteiger partial charge in [0.1, 0.15) is 6.04 Å². The summed E-state index contributed by atoms with van der Waals surface area (Å²) in [5.74, 6) is -0.0951. The summed E-state index contributed by atoms with van der Waals surface area (Å²) in [4.78, 5) is 28.1. The van der Waals surface area contributed by atoms with Gasteiger partial charge in [0, 0.05) is 12.6 Å². The molecule has 0 unspecified atom stereocenters. The average molecular weight is 395 g/mol. The van der Waals surface area contributed by atoms with Gasteiger partial charge < -0.3 is 10.2 Å². The fraction of sp³-hybridized carbons (Fsp3) is 0.440. The fourth-order valence-electron chi connectivity index (χ4n) is 3.40. The summed E-state index contributed by atoms with van der Waals surface area (Å²) in [6.45, 7) is 10.5. The van der Waals surface area contributed by atoms with Crippen LogP contribution in [-0.2, 0) is 22.6 Å². The van der Waals surface area contributed by atoms with Gasteiger partial charge in [0.25, 0.3) is 0 Å². The van der Waals surface area contributed by atoms with Gasteiger partial charge in [-0.3, -0.25) is 9.59 Å². The zero-order valence-electron chi connectivity index (χ0n) is 18.4. The zero-order valence-corrected chi connectivity index (χ0v) is 18.4. The number of hydrogen-bond acceptors (Lipinski definition) is 2. The minimum absolute atomic E-state index is 0.0197. The molecule has 0 fully saturated rings. The van der Waals surface area contributed by atoms with Crippen LogP contribution in [0.2, 0.25) is 0 Å². The Labute approximate surface area is 175 Å². The Hall–Kier alpha value is -2.62. The monoisotopic (exact) mass is 394 g/mol. The SMILES string of the molecule is CC[C@H](C)NC(=O)[C@H](CC)N(Cc1ccccc1C)C(=O)Cc1ccccc1C. The first-order valence-corrected chi connectivity index (χ1v) is 10.6. The third kappa shape index (κ3) is 6.18. The molecule has 0 saturated carbocycles. The Morgan fingerprint density at radius 1 is 0.897 bits per heavy atom. The quantitative estimate of drug-likeness (QED) is 0.677. The summed E-state index contributed by atoms with van der Waals surface area (Å²) >= 11 is 0. The molecule has 0 aromatic heterocycles. The normalized spacial score (nSPS) is 12.9. The van der Waals surface area contributed by atoms with Crippen molar-refractivity contribution in [2.75, 3.05) is 0 Å². The third-order valence-corrected chi connectivity index (χ3v) is 5.59. The largest absolute Gasteiger partial charge is 0.352 e. The van der Waals surface area contributed by atoms with Gasteiger partial charge in [0.15, 0.2) is 0 Å². The summed E-state index contributed by atoms with van der Waals surface area (Å²) in [6.07, 6.45) is 1.73. The van der Waals surface area contributed by atoms with Crippen molar-refractivity contribution in [1.82, 2.24) is 10.2 Å². The molecule has 1 N–H and O–H groups in total. The molecule has 2 amide bonds. The fourth-order valence-corrected chi connectivity index (χ4v) is 3.40. The maximum Gasteiger partial charge on any atom is 0.243 e. The Morgan fingerprint density at radius 2 is 1.45 bits per heavy atom. The molecule has 0 aliphatic heterocycles. The Balaban J connectivity index is 2.33. The van der Waals surface area contributed by atoms with Crippen molar-refractivity contribution >= 4 is 11.8 Å². The number of benzene rings is 2. The highest BCUT2D eigenvalue weighted by Gasteiger charge is 2.29. The van der Waals surface area contributed by atoms with Crippen molar-refractivity contribution in [3.63, 3.8) is 0 Å². The first kappa shape index (κ1) is 22.7. The van der Waals surface area contributed by atoms with Gasteiger partial charge in [-0.1, -0.05) is 62.4 Å². The van der Waals surface area contributed by atoms with Crippen LogP contribution in [0, 0.1) is 13.8 Å². The van der Waals surface area contributed by atoms with Crippen LogP contribution in [-0.4, -0.2) is 28.8 Å². The van der Waals surface area contributed by atoms with Crippen molar-refractivity contribution < 1.29 is 9.59 Å². The van der Waals surface area contributed by atoms with E-state index >= 15 is 0 Å². The van der Waals surface area contributed by atoms with Gasteiger partial charge in [0.2, 0.25) is 11.8 Å². The minimum Gasteiger partial charge on any atom is -0.352 e. The Morgan fingerprint density at radius 3 is 1.97 bits per heavy atom. The van der Waals surface area contributed by atoms with Gasteiger partial charge in [-0.2, -0.15) is 0 Å². The number of nitrogens with one attached hydrogen (secondary N) is 1. The number of amides is 2. The first-order chi connectivity index (χ1) is 13.9. The lowest BCUT2D eigenvalue weighted by atomic mass is 10.0. The highest BCUT2D eigenvalue weighted by molar-refractivity contribution is 5.88. The first-order valence-electron chi connectivity index (χ1n) is 10.6. The smallest absolute Gasteiger partial charge is 0.243 e. The predicted octanol–water partition coefficient (Wildman–Crippen LogP) is 4.57. The molecule has 2 rings (SSSR count). The highest BCUT2D eigenvalue weighted by Crippen LogP contribution is 2.18. The van der Waals surface area contributed by atoms with Crippen LogP contribution in [0.3, 0.4) is 0 Å². The molecule has 0 aliphatic rings. The van der Waals surface area contributed by atoms with E-state index in [2.05, 4.69) is 5.32 Å². The topological polar surface area (TPSA) is 49.4 Å². The molecule has 4 nitrogen and oxygen atoms in total. The number of rotatable bonds is 9. The Kier molecular flexibility index (Phi) is 8.44. The van der Waals surface area contributed by atoms with Crippen molar-refractivity contribution in [3.05, 3.63) is 70.8 Å². The minimum atomic E-state index is -0.486. The van der Waals surface area contributed by atoms with Crippen molar-refractivity contribution in [2.24, 2.45) is 0 Å². The van der Waals surface area contributed by atoms with Crippen LogP contribution in [0.4, 0.5) is 0 Å². The van der Waals surface area contributed by atoms with Crippen molar-refractivity contribution in [2.45, 2.75) is 72.5 Å². The van der Waals surface area contributed by atoms with Gasteiger partial charge in [-0.15, -0.1) is 0 Å². The van der Waals surface area contributed by atoms with E-state index in [-0.39, 0.29) is 17.9 Å². The molecule has 0 aliphatic carbocycles. The van der Waals surface area contributed by atoms with E-state index in [0.717, 1.165) is 28.7 Å². The molecule has 29 heavy (non-hydrogen) atoms. The van der Waals surface area contributed by atoms with Crippen molar-refractivity contribution in [1.29, 1.82) is 0 Å².